The van der Waals surface area contributed by atoms with E-state index in [4.69, 9.17) is 5.11 Å². The lowest BCUT2D eigenvalue weighted by Gasteiger charge is -2.14. The molecule has 4 nitrogen and oxygen atoms in total. The first-order valence-electron chi connectivity index (χ1n) is 9.16. The first kappa shape index (κ1) is 19.4. The second kappa shape index (κ2) is 9.52. The molecule has 0 aromatic heterocycles. The first-order valence-corrected chi connectivity index (χ1v) is 9.16. The van der Waals surface area contributed by atoms with E-state index >= 15 is 0 Å². The standard InChI is InChI=1S/C21H28O4/c1-15-7-6-8-16(13-15)11-12-17-14-19(22)21(25)18(17)9-4-2-3-5-10-20(23)24/h6-8,11-13,17-19,22H,2-5,9-10,14H2,1H3,(H,23,24). The monoisotopic (exact) mass is 344 g/mol. The van der Waals surface area contributed by atoms with Gasteiger partial charge in [-0.05, 0) is 37.7 Å². The zero-order valence-corrected chi connectivity index (χ0v) is 14.9. The molecule has 1 aliphatic rings. The molecule has 1 fully saturated rings. The molecule has 0 bridgehead atoms. The zero-order valence-electron chi connectivity index (χ0n) is 14.9. The Kier molecular flexibility index (Phi) is 7.38. The molecule has 0 spiro atoms. The number of Topliss-reactive ketones (excluding diaryl/α,β-unsaturated/α-hetero) is 1. The summed E-state index contributed by atoms with van der Waals surface area (Å²) in [5, 5.41) is 18.6. The van der Waals surface area contributed by atoms with Gasteiger partial charge in [0.1, 0.15) is 6.10 Å². The van der Waals surface area contributed by atoms with E-state index in [-0.39, 0.29) is 24.0 Å². The lowest BCUT2D eigenvalue weighted by Crippen LogP contribution is -2.19. The van der Waals surface area contributed by atoms with Crippen molar-refractivity contribution in [2.75, 3.05) is 0 Å². The van der Waals surface area contributed by atoms with E-state index < -0.39 is 12.1 Å². The smallest absolute Gasteiger partial charge is 0.303 e. The highest BCUT2D eigenvalue weighted by Crippen LogP contribution is 2.34. The van der Waals surface area contributed by atoms with Gasteiger partial charge in [-0.1, -0.05) is 61.2 Å². The molecule has 0 amide bonds. The number of carboxylic acids is 1. The fraction of sp³-hybridized carbons (Fsp3) is 0.524. The lowest BCUT2D eigenvalue weighted by molar-refractivity contribution is -0.137. The number of carboxylic acid groups (broad SMARTS) is 1. The summed E-state index contributed by atoms with van der Waals surface area (Å²) in [7, 11) is 0. The van der Waals surface area contributed by atoms with Crippen molar-refractivity contribution < 1.29 is 19.8 Å². The van der Waals surface area contributed by atoms with Crippen molar-refractivity contribution in [3.05, 3.63) is 41.5 Å². The topological polar surface area (TPSA) is 74.6 Å². The number of aliphatic hydroxyl groups is 1. The third-order valence-electron chi connectivity index (χ3n) is 4.94. The van der Waals surface area contributed by atoms with Gasteiger partial charge in [0.25, 0.3) is 0 Å². The summed E-state index contributed by atoms with van der Waals surface area (Å²) in [6, 6.07) is 8.20. The van der Waals surface area contributed by atoms with Gasteiger partial charge in [0.05, 0.1) is 0 Å². The van der Waals surface area contributed by atoms with Crippen molar-refractivity contribution in [1.29, 1.82) is 0 Å². The van der Waals surface area contributed by atoms with Crippen molar-refractivity contribution >= 4 is 17.8 Å². The third-order valence-corrected chi connectivity index (χ3v) is 4.94. The number of benzene rings is 1. The predicted molar refractivity (Wildman–Crippen MR) is 98.2 cm³/mol. The SMILES string of the molecule is Cc1cccc(C=CC2CC(O)C(=O)C2CCCCCCC(=O)O)c1. The maximum absolute atomic E-state index is 12.2. The molecule has 136 valence electrons. The van der Waals surface area contributed by atoms with Gasteiger partial charge < -0.3 is 10.2 Å². The summed E-state index contributed by atoms with van der Waals surface area (Å²) in [4.78, 5) is 22.7. The number of ketones is 1. The molecule has 1 saturated carbocycles. The molecule has 2 rings (SSSR count). The Bertz CT molecular complexity index is 620. The van der Waals surface area contributed by atoms with E-state index in [0.29, 0.717) is 12.8 Å². The number of carbonyl (C=O) groups excluding carboxylic acids is 1. The van der Waals surface area contributed by atoms with Crippen LogP contribution >= 0.6 is 0 Å². The zero-order chi connectivity index (χ0) is 18.2. The fourth-order valence-corrected chi connectivity index (χ4v) is 3.57. The number of hydrogen-bond acceptors (Lipinski definition) is 3. The molecule has 3 unspecified atom stereocenters. The van der Waals surface area contributed by atoms with Crippen LogP contribution in [0.3, 0.4) is 0 Å². The highest BCUT2D eigenvalue weighted by molar-refractivity contribution is 5.88. The Morgan fingerprint density at radius 1 is 1.24 bits per heavy atom. The largest absolute Gasteiger partial charge is 0.481 e. The molecule has 1 aromatic carbocycles. The number of rotatable bonds is 9. The maximum atomic E-state index is 12.2. The Hall–Kier alpha value is -1.94. The van der Waals surface area contributed by atoms with Crippen molar-refractivity contribution in [2.45, 2.75) is 58.0 Å². The molecule has 0 radical (unpaired) electrons. The van der Waals surface area contributed by atoms with Crippen molar-refractivity contribution in [3.63, 3.8) is 0 Å². The van der Waals surface area contributed by atoms with Crippen LogP contribution in [-0.2, 0) is 9.59 Å². The summed E-state index contributed by atoms with van der Waals surface area (Å²) in [5.74, 6) is -0.822. The summed E-state index contributed by atoms with van der Waals surface area (Å²) >= 11 is 0. The average molecular weight is 344 g/mol. The summed E-state index contributed by atoms with van der Waals surface area (Å²) in [5.41, 5.74) is 2.31. The molecule has 0 aliphatic heterocycles. The van der Waals surface area contributed by atoms with E-state index in [0.717, 1.165) is 31.2 Å². The van der Waals surface area contributed by atoms with Gasteiger partial charge in [-0.2, -0.15) is 0 Å². The van der Waals surface area contributed by atoms with Crippen LogP contribution in [0.25, 0.3) is 6.08 Å². The minimum Gasteiger partial charge on any atom is -0.481 e. The van der Waals surface area contributed by atoms with E-state index in [9.17, 15) is 14.7 Å². The second-order valence-electron chi connectivity index (χ2n) is 7.04. The van der Waals surface area contributed by atoms with Crippen LogP contribution in [0.1, 0.15) is 56.1 Å². The molecule has 25 heavy (non-hydrogen) atoms. The van der Waals surface area contributed by atoms with Gasteiger partial charge in [0.2, 0.25) is 0 Å². The van der Waals surface area contributed by atoms with Crippen LogP contribution in [0.15, 0.2) is 30.3 Å². The number of unbranched alkanes of at least 4 members (excludes halogenated alkanes) is 3. The Morgan fingerprint density at radius 2 is 2.00 bits per heavy atom. The van der Waals surface area contributed by atoms with Gasteiger partial charge in [0, 0.05) is 12.3 Å². The minimum absolute atomic E-state index is 0.0376. The van der Waals surface area contributed by atoms with E-state index in [1.54, 1.807) is 0 Å². The maximum Gasteiger partial charge on any atom is 0.303 e. The first-order chi connectivity index (χ1) is 12.0. The average Bonchev–Trinajstić information content (AvgIpc) is 2.83. The molecule has 2 N–H and O–H groups in total. The van der Waals surface area contributed by atoms with Crippen molar-refractivity contribution in [3.8, 4) is 0 Å². The fourth-order valence-electron chi connectivity index (χ4n) is 3.57. The van der Waals surface area contributed by atoms with Crippen LogP contribution in [0.2, 0.25) is 0 Å². The number of aliphatic hydroxyl groups excluding tert-OH is 1. The molecule has 0 saturated heterocycles. The molecular weight excluding hydrogens is 316 g/mol. The summed E-state index contributed by atoms with van der Waals surface area (Å²) < 4.78 is 0. The Balaban J connectivity index is 1.86. The van der Waals surface area contributed by atoms with Gasteiger partial charge in [0.15, 0.2) is 5.78 Å². The van der Waals surface area contributed by atoms with E-state index in [1.165, 1.54) is 5.56 Å². The summed E-state index contributed by atoms with van der Waals surface area (Å²) in [6.07, 6.45) is 8.15. The quantitative estimate of drug-likeness (QED) is 0.664. The number of aryl methyl sites for hydroxylation is 1. The van der Waals surface area contributed by atoms with E-state index in [2.05, 4.69) is 12.1 Å². The van der Waals surface area contributed by atoms with Gasteiger partial charge in [-0.3, -0.25) is 9.59 Å². The highest BCUT2D eigenvalue weighted by atomic mass is 16.4. The summed E-state index contributed by atoms with van der Waals surface area (Å²) in [6.45, 7) is 2.05. The van der Waals surface area contributed by atoms with E-state index in [1.807, 2.05) is 31.2 Å². The van der Waals surface area contributed by atoms with Crippen LogP contribution in [0, 0.1) is 18.8 Å². The lowest BCUT2D eigenvalue weighted by atomic mass is 9.89. The highest BCUT2D eigenvalue weighted by Gasteiger charge is 2.39. The predicted octanol–water partition coefficient (Wildman–Crippen LogP) is 4.00. The van der Waals surface area contributed by atoms with Crippen LogP contribution in [-0.4, -0.2) is 28.1 Å². The second-order valence-corrected chi connectivity index (χ2v) is 7.04. The van der Waals surface area contributed by atoms with Gasteiger partial charge in [-0.15, -0.1) is 0 Å². The molecule has 0 heterocycles. The molecule has 3 atom stereocenters. The number of aliphatic carboxylic acids is 1. The number of hydrogen-bond donors (Lipinski definition) is 2. The number of allylic oxidation sites excluding steroid dienone is 1. The van der Waals surface area contributed by atoms with Crippen LogP contribution in [0.4, 0.5) is 0 Å². The number of carbonyl (C=O) groups is 2. The molecule has 1 aliphatic carbocycles. The van der Waals surface area contributed by atoms with Crippen molar-refractivity contribution in [2.24, 2.45) is 11.8 Å². The normalized spacial score (nSPS) is 23.4. The molecule has 4 heteroatoms. The van der Waals surface area contributed by atoms with Crippen molar-refractivity contribution in [1.82, 2.24) is 0 Å². The third kappa shape index (κ3) is 6.13. The van der Waals surface area contributed by atoms with Crippen LogP contribution in [0.5, 0.6) is 0 Å². The van der Waals surface area contributed by atoms with Gasteiger partial charge in [-0.25, -0.2) is 0 Å². The van der Waals surface area contributed by atoms with Gasteiger partial charge >= 0.3 is 5.97 Å². The molecular formula is C21H28O4. The minimum atomic E-state index is -0.843. The Morgan fingerprint density at radius 3 is 2.72 bits per heavy atom. The Labute approximate surface area is 149 Å². The molecule has 1 aromatic rings. The van der Waals surface area contributed by atoms with Crippen LogP contribution < -0.4 is 0 Å².